The lowest BCUT2D eigenvalue weighted by Gasteiger charge is -2.03. The van der Waals surface area contributed by atoms with E-state index in [1.54, 1.807) is 0 Å². The van der Waals surface area contributed by atoms with Crippen molar-refractivity contribution in [1.82, 2.24) is 0 Å². The molecule has 2 N–H and O–H groups in total. The molecule has 0 rings (SSSR count). The molecule has 0 aromatic carbocycles. The molecule has 11 heavy (non-hydrogen) atoms. The molecule has 5 heteroatoms. The van der Waals surface area contributed by atoms with Crippen LogP contribution in [-0.2, 0) is 9.53 Å². The highest BCUT2D eigenvalue weighted by molar-refractivity contribution is 5.85. The summed E-state index contributed by atoms with van der Waals surface area (Å²) < 4.78 is 16.0. The lowest BCUT2D eigenvalue weighted by molar-refractivity contribution is -0.140. The molecule has 0 amide bonds. The molecular weight excluding hydrogens is 173 g/mol. The Balaban J connectivity index is 0. The van der Waals surface area contributed by atoms with Gasteiger partial charge < -0.3 is 10.5 Å². The number of alkyl halides is 1. The Labute approximate surface area is 71.5 Å². The zero-order chi connectivity index (χ0) is 7.98. The highest BCUT2D eigenvalue weighted by Gasteiger charge is 2.05. The van der Waals surface area contributed by atoms with Gasteiger partial charge in [0.05, 0.1) is 7.11 Å². The van der Waals surface area contributed by atoms with E-state index >= 15 is 0 Å². The first-order chi connectivity index (χ1) is 4.70. The number of ether oxygens (including phenoxy) is 1. The third-order valence-corrected chi connectivity index (χ3v) is 1.15. The molecule has 3 nitrogen and oxygen atoms in total. The number of nitrogens with two attached hydrogens (primary N) is 1. The van der Waals surface area contributed by atoms with Crippen molar-refractivity contribution in [2.75, 3.05) is 13.8 Å². The molecule has 0 aliphatic rings. The van der Waals surface area contributed by atoms with Gasteiger partial charge in [0.1, 0.15) is 6.67 Å². The van der Waals surface area contributed by atoms with Crippen LogP contribution in [0.1, 0.15) is 12.8 Å². The fourth-order valence-electron chi connectivity index (χ4n) is 0.482. The highest BCUT2D eigenvalue weighted by Crippen LogP contribution is 1.96. The average molecular weight is 186 g/mol. The molecule has 1 atom stereocenters. The molecule has 0 saturated carbocycles. The summed E-state index contributed by atoms with van der Waals surface area (Å²) in [5.74, 6) is -0.344. The minimum atomic E-state index is -0.586. The summed E-state index contributed by atoms with van der Waals surface area (Å²) in [5.41, 5.74) is 5.19. The van der Waals surface area contributed by atoms with Crippen LogP contribution in [0.3, 0.4) is 0 Å². The molecule has 0 spiro atoms. The van der Waals surface area contributed by atoms with Gasteiger partial charge in [0.2, 0.25) is 0 Å². The largest absolute Gasteiger partial charge is 0.469 e. The summed E-state index contributed by atoms with van der Waals surface area (Å²) in [6, 6.07) is -0.529. The fourth-order valence-corrected chi connectivity index (χ4v) is 0.482. The van der Waals surface area contributed by atoms with E-state index in [-0.39, 0.29) is 24.8 Å². The Kier molecular flexibility index (Phi) is 9.34. The van der Waals surface area contributed by atoms with Crippen molar-refractivity contribution in [1.29, 1.82) is 0 Å². The summed E-state index contributed by atoms with van der Waals surface area (Å²) in [4.78, 5) is 10.4. The first-order valence-corrected chi connectivity index (χ1v) is 3.09. The molecule has 0 heterocycles. The SMILES string of the molecule is COC(=O)CC[C@H](N)CF.Cl. The Bertz CT molecular complexity index is 113. The van der Waals surface area contributed by atoms with Gasteiger partial charge in [-0.05, 0) is 6.42 Å². The third kappa shape index (κ3) is 7.55. The minimum Gasteiger partial charge on any atom is -0.469 e. The first-order valence-electron chi connectivity index (χ1n) is 3.09. The Morgan fingerprint density at radius 1 is 1.73 bits per heavy atom. The Hall–Kier alpha value is -0.350. The van der Waals surface area contributed by atoms with Gasteiger partial charge in [0, 0.05) is 12.5 Å². The normalized spacial score (nSPS) is 11.5. The minimum absolute atomic E-state index is 0. The Morgan fingerprint density at radius 3 is 2.64 bits per heavy atom. The predicted octanol–water partition coefficient (Wildman–Crippen LogP) is 0.658. The summed E-state index contributed by atoms with van der Waals surface area (Å²) in [7, 11) is 1.29. The second kappa shape index (κ2) is 7.75. The number of rotatable bonds is 4. The smallest absolute Gasteiger partial charge is 0.305 e. The van der Waals surface area contributed by atoms with Gasteiger partial charge in [-0.2, -0.15) is 0 Å². The third-order valence-electron chi connectivity index (χ3n) is 1.15. The second-order valence-electron chi connectivity index (χ2n) is 2.03. The molecule has 0 aliphatic heterocycles. The van der Waals surface area contributed by atoms with Gasteiger partial charge in [-0.1, -0.05) is 0 Å². The number of halogens is 2. The van der Waals surface area contributed by atoms with E-state index in [1.807, 2.05) is 0 Å². The second-order valence-corrected chi connectivity index (χ2v) is 2.03. The van der Waals surface area contributed by atoms with Gasteiger partial charge in [-0.3, -0.25) is 4.79 Å². The van der Waals surface area contributed by atoms with Gasteiger partial charge in [0.15, 0.2) is 0 Å². The number of hydrogen-bond donors (Lipinski definition) is 1. The van der Waals surface area contributed by atoms with Crippen LogP contribution in [-0.4, -0.2) is 25.8 Å². The van der Waals surface area contributed by atoms with Crippen molar-refractivity contribution in [3.05, 3.63) is 0 Å². The quantitative estimate of drug-likeness (QED) is 0.655. The predicted molar refractivity (Wildman–Crippen MR) is 42.4 cm³/mol. The standard InChI is InChI=1S/C6H12FNO2.ClH/c1-10-6(9)3-2-5(8)4-7;/h5H,2-4,8H2,1H3;1H/t5-;/m0./s1. The van der Waals surface area contributed by atoms with Crippen molar-refractivity contribution in [3.8, 4) is 0 Å². The Morgan fingerprint density at radius 2 is 2.27 bits per heavy atom. The van der Waals surface area contributed by atoms with E-state index in [0.717, 1.165) is 0 Å². The molecule has 0 radical (unpaired) electrons. The monoisotopic (exact) mass is 185 g/mol. The molecular formula is C6H13ClFNO2. The number of carbonyl (C=O) groups excluding carboxylic acids is 1. The molecule has 68 valence electrons. The number of hydrogen-bond acceptors (Lipinski definition) is 3. The van der Waals surface area contributed by atoms with Crippen LogP contribution in [0.15, 0.2) is 0 Å². The van der Waals surface area contributed by atoms with E-state index in [4.69, 9.17) is 5.73 Å². The summed E-state index contributed by atoms with van der Waals surface area (Å²) in [5, 5.41) is 0. The molecule has 0 aliphatic carbocycles. The van der Waals surface area contributed by atoms with Crippen molar-refractivity contribution in [3.63, 3.8) is 0 Å². The maximum Gasteiger partial charge on any atom is 0.305 e. The van der Waals surface area contributed by atoms with Crippen LogP contribution < -0.4 is 5.73 Å². The maximum absolute atomic E-state index is 11.7. The molecule has 0 unspecified atom stereocenters. The summed E-state index contributed by atoms with van der Waals surface area (Å²) in [6.07, 6.45) is 0.546. The van der Waals surface area contributed by atoms with Crippen LogP contribution in [0, 0.1) is 0 Å². The van der Waals surface area contributed by atoms with Gasteiger partial charge in [0.25, 0.3) is 0 Å². The van der Waals surface area contributed by atoms with Crippen LogP contribution in [0.2, 0.25) is 0 Å². The van der Waals surface area contributed by atoms with E-state index in [2.05, 4.69) is 4.74 Å². The van der Waals surface area contributed by atoms with E-state index < -0.39 is 12.7 Å². The van der Waals surface area contributed by atoms with Crippen LogP contribution >= 0.6 is 12.4 Å². The average Bonchev–Trinajstić information content (AvgIpc) is 1.99. The first kappa shape index (κ1) is 13.3. The van der Waals surface area contributed by atoms with Crippen LogP contribution in [0.25, 0.3) is 0 Å². The maximum atomic E-state index is 11.7. The molecule has 0 bridgehead atoms. The van der Waals surface area contributed by atoms with Crippen LogP contribution in [0.5, 0.6) is 0 Å². The topological polar surface area (TPSA) is 52.3 Å². The van der Waals surface area contributed by atoms with Crippen molar-refractivity contribution in [2.24, 2.45) is 5.73 Å². The lowest BCUT2D eigenvalue weighted by atomic mass is 10.2. The number of esters is 1. The highest BCUT2D eigenvalue weighted by atomic mass is 35.5. The van der Waals surface area contributed by atoms with Crippen molar-refractivity contribution < 1.29 is 13.9 Å². The van der Waals surface area contributed by atoms with E-state index in [9.17, 15) is 9.18 Å². The molecule has 0 fully saturated rings. The van der Waals surface area contributed by atoms with E-state index in [1.165, 1.54) is 7.11 Å². The zero-order valence-corrected chi connectivity index (χ0v) is 7.20. The lowest BCUT2D eigenvalue weighted by Crippen LogP contribution is -2.23. The van der Waals surface area contributed by atoms with Gasteiger partial charge in [-0.15, -0.1) is 12.4 Å². The van der Waals surface area contributed by atoms with Crippen molar-refractivity contribution in [2.45, 2.75) is 18.9 Å². The van der Waals surface area contributed by atoms with Gasteiger partial charge in [-0.25, -0.2) is 4.39 Å². The summed E-state index contributed by atoms with van der Waals surface area (Å²) >= 11 is 0. The van der Waals surface area contributed by atoms with E-state index in [0.29, 0.717) is 6.42 Å². The molecule has 0 aromatic rings. The van der Waals surface area contributed by atoms with Crippen molar-refractivity contribution >= 4 is 18.4 Å². The van der Waals surface area contributed by atoms with Gasteiger partial charge >= 0.3 is 5.97 Å². The zero-order valence-electron chi connectivity index (χ0n) is 6.38. The number of methoxy groups -OCH3 is 1. The molecule has 0 saturated heterocycles. The summed E-state index contributed by atoms with van der Waals surface area (Å²) in [6.45, 7) is -0.586. The molecule has 0 aromatic heterocycles. The van der Waals surface area contributed by atoms with Crippen LogP contribution in [0.4, 0.5) is 4.39 Å². The number of carbonyl (C=O) groups is 1. The fraction of sp³-hybridized carbons (Fsp3) is 0.833.